The highest BCUT2D eigenvalue weighted by Gasteiger charge is 2.13. The van der Waals surface area contributed by atoms with Crippen molar-refractivity contribution in [3.63, 3.8) is 0 Å². The molecule has 0 saturated heterocycles. The Balaban J connectivity index is 2.60. The van der Waals surface area contributed by atoms with Gasteiger partial charge in [-0.3, -0.25) is 4.79 Å². The molecule has 0 bridgehead atoms. The minimum Gasteiger partial charge on any atom is -0.366 e. The lowest BCUT2D eigenvalue weighted by Gasteiger charge is -2.19. The summed E-state index contributed by atoms with van der Waals surface area (Å²) in [5, 5.41) is 2.81. The van der Waals surface area contributed by atoms with Crippen LogP contribution in [0.1, 0.15) is 26.3 Å². The molecule has 4 heteroatoms. The standard InChI is InChI=1S/C13H18BrNO2/c1-9-6-5-7-10(12(9)14)15-11(16)8-17-13(2,3)4/h5-7H,8H2,1-4H3,(H,15,16). The summed E-state index contributed by atoms with van der Waals surface area (Å²) < 4.78 is 6.31. The topological polar surface area (TPSA) is 38.3 Å². The Labute approximate surface area is 111 Å². The Morgan fingerprint density at radius 1 is 1.41 bits per heavy atom. The number of carbonyl (C=O) groups is 1. The predicted molar refractivity (Wildman–Crippen MR) is 73.2 cm³/mol. The van der Waals surface area contributed by atoms with Crippen molar-refractivity contribution in [2.24, 2.45) is 0 Å². The van der Waals surface area contributed by atoms with Crippen molar-refractivity contribution in [1.82, 2.24) is 0 Å². The van der Waals surface area contributed by atoms with Crippen LogP contribution in [-0.2, 0) is 9.53 Å². The zero-order valence-corrected chi connectivity index (χ0v) is 12.2. The number of hydrogen-bond donors (Lipinski definition) is 1. The number of ether oxygens (including phenoxy) is 1. The molecular formula is C13H18BrNO2. The van der Waals surface area contributed by atoms with Crippen LogP contribution in [0.4, 0.5) is 5.69 Å². The molecule has 0 heterocycles. The number of carbonyl (C=O) groups excluding carboxylic acids is 1. The fourth-order valence-corrected chi connectivity index (χ4v) is 1.58. The van der Waals surface area contributed by atoms with Gasteiger partial charge in [-0.05, 0) is 55.3 Å². The fraction of sp³-hybridized carbons (Fsp3) is 0.462. The molecule has 0 atom stereocenters. The number of amides is 1. The second-order valence-corrected chi connectivity index (χ2v) is 5.68. The summed E-state index contributed by atoms with van der Waals surface area (Å²) in [6, 6.07) is 5.73. The largest absolute Gasteiger partial charge is 0.366 e. The minimum absolute atomic E-state index is 0.0594. The van der Waals surface area contributed by atoms with Crippen LogP contribution in [0.5, 0.6) is 0 Å². The van der Waals surface area contributed by atoms with Crippen LogP contribution in [0.25, 0.3) is 0 Å². The van der Waals surface area contributed by atoms with Crippen LogP contribution < -0.4 is 5.32 Å². The zero-order valence-electron chi connectivity index (χ0n) is 10.6. The van der Waals surface area contributed by atoms with E-state index in [2.05, 4.69) is 21.2 Å². The van der Waals surface area contributed by atoms with Crippen LogP contribution in [0.2, 0.25) is 0 Å². The first kappa shape index (κ1) is 14.2. The van der Waals surface area contributed by atoms with Crippen LogP contribution in [0, 0.1) is 6.92 Å². The van der Waals surface area contributed by atoms with Crippen molar-refractivity contribution in [3.05, 3.63) is 28.2 Å². The van der Waals surface area contributed by atoms with Crippen molar-refractivity contribution in [3.8, 4) is 0 Å². The first-order chi connectivity index (χ1) is 7.79. The average Bonchev–Trinajstić information content (AvgIpc) is 2.21. The van der Waals surface area contributed by atoms with E-state index < -0.39 is 0 Å². The highest BCUT2D eigenvalue weighted by molar-refractivity contribution is 9.10. The number of aryl methyl sites for hydroxylation is 1. The van der Waals surface area contributed by atoms with Gasteiger partial charge in [0.2, 0.25) is 5.91 Å². The molecule has 0 fully saturated rings. The van der Waals surface area contributed by atoms with Crippen molar-refractivity contribution in [1.29, 1.82) is 0 Å². The molecule has 0 radical (unpaired) electrons. The molecular weight excluding hydrogens is 282 g/mol. The third kappa shape index (κ3) is 4.88. The van der Waals surface area contributed by atoms with Gasteiger partial charge in [0.15, 0.2) is 0 Å². The molecule has 0 aliphatic carbocycles. The first-order valence-corrected chi connectivity index (χ1v) is 6.28. The molecule has 0 aliphatic heterocycles. The maximum atomic E-state index is 11.7. The van der Waals surface area contributed by atoms with Crippen LogP contribution >= 0.6 is 15.9 Å². The molecule has 0 spiro atoms. The zero-order chi connectivity index (χ0) is 13.1. The molecule has 0 unspecified atom stereocenters. The van der Waals surface area contributed by atoms with Gasteiger partial charge in [-0.15, -0.1) is 0 Å². The third-order valence-corrected chi connectivity index (χ3v) is 3.15. The van der Waals surface area contributed by atoms with E-state index in [9.17, 15) is 4.79 Å². The van der Waals surface area contributed by atoms with Crippen LogP contribution in [0.3, 0.4) is 0 Å². The summed E-state index contributed by atoms with van der Waals surface area (Å²) in [5.74, 6) is -0.147. The molecule has 0 aromatic heterocycles. The number of halogens is 1. The van der Waals surface area contributed by atoms with E-state index in [1.165, 1.54) is 0 Å². The second kappa shape index (κ2) is 5.65. The maximum absolute atomic E-state index is 11.7. The van der Waals surface area contributed by atoms with E-state index in [4.69, 9.17) is 4.74 Å². The summed E-state index contributed by atoms with van der Waals surface area (Å²) in [6.45, 7) is 7.80. The predicted octanol–water partition coefficient (Wildman–Crippen LogP) is 3.51. The quantitative estimate of drug-likeness (QED) is 0.927. The van der Waals surface area contributed by atoms with E-state index in [1.54, 1.807) is 0 Å². The summed E-state index contributed by atoms with van der Waals surface area (Å²) >= 11 is 3.44. The Morgan fingerprint density at radius 2 is 2.06 bits per heavy atom. The van der Waals surface area contributed by atoms with Gasteiger partial charge < -0.3 is 10.1 Å². The monoisotopic (exact) mass is 299 g/mol. The Kier molecular flexibility index (Phi) is 4.71. The SMILES string of the molecule is Cc1cccc(NC(=O)COC(C)(C)C)c1Br. The van der Waals surface area contributed by atoms with Crippen molar-refractivity contribution in [2.75, 3.05) is 11.9 Å². The van der Waals surface area contributed by atoms with Gasteiger partial charge >= 0.3 is 0 Å². The van der Waals surface area contributed by atoms with Gasteiger partial charge in [0, 0.05) is 4.47 Å². The number of rotatable bonds is 3. The lowest BCUT2D eigenvalue weighted by molar-refractivity contribution is -0.125. The normalized spacial score (nSPS) is 11.4. The molecule has 17 heavy (non-hydrogen) atoms. The van der Waals surface area contributed by atoms with E-state index in [0.717, 1.165) is 15.7 Å². The summed E-state index contributed by atoms with van der Waals surface area (Å²) in [4.78, 5) is 11.7. The molecule has 1 aromatic carbocycles. The number of hydrogen-bond acceptors (Lipinski definition) is 2. The minimum atomic E-state index is -0.304. The Hall–Kier alpha value is -0.870. The summed E-state index contributed by atoms with van der Waals surface area (Å²) in [7, 11) is 0. The summed E-state index contributed by atoms with van der Waals surface area (Å²) in [6.07, 6.45) is 0. The van der Waals surface area contributed by atoms with E-state index in [0.29, 0.717) is 0 Å². The van der Waals surface area contributed by atoms with Crippen molar-refractivity contribution in [2.45, 2.75) is 33.3 Å². The van der Waals surface area contributed by atoms with Gasteiger partial charge in [-0.25, -0.2) is 0 Å². The molecule has 0 aliphatic rings. The fourth-order valence-electron chi connectivity index (χ4n) is 1.21. The van der Waals surface area contributed by atoms with E-state index in [1.807, 2.05) is 45.9 Å². The Morgan fingerprint density at radius 3 is 2.65 bits per heavy atom. The van der Waals surface area contributed by atoms with Crippen molar-refractivity contribution >= 4 is 27.5 Å². The maximum Gasteiger partial charge on any atom is 0.250 e. The molecule has 0 saturated carbocycles. The second-order valence-electron chi connectivity index (χ2n) is 4.89. The molecule has 94 valence electrons. The van der Waals surface area contributed by atoms with Gasteiger partial charge in [0.05, 0.1) is 11.3 Å². The lowest BCUT2D eigenvalue weighted by atomic mass is 10.2. The molecule has 1 amide bonds. The number of anilines is 1. The lowest BCUT2D eigenvalue weighted by Crippen LogP contribution is -2.27. The highest BCUT2D eigenvalue weighted by atomic mass is 79.9. The molecule has 1 rings (SSSR count). The van der Waals surface area contributed by atoms with Crippen molar-refractivity contribution < 1.29 is 9.53 Å². The van der Waals surface area contributed by atoms with E-state index >= 15 is 0 Å². The van der Waals surface area contributed by atoms with Gasteiger partial charge in [-0.2, -0.15) is 0 Å². The first-order valence-electron chi connectivity index (χ1n) is 5.48. The molecule has 3 nitrogen and oxygen atoms in total. The Bertz CT molecular complexity index is 410. The van der Waals surface area contributed by atoms with Crippen LogP contribution in [0.15, 0.2) is 22.7 Å². The summed E-state index contributed by atoms with van der Waals surface area (Å²) in [5.41, 5.74) is 1.55. The smallest absolute Gasteiger partial charge is 0.250 e. The molecule has 1 aromatic rings. The van der Waals surface area contributed by atoms with Gasteiger partial charge in [0.1, 0.15) is 6.61 Å². The molecule has 1 N–H and O–H groups in total. The van der Waals surface area contributed by atoms with Gasteiger partial charge in [-0.1, -0.05) is 12.1 Å². The number of benzene rings is 1. The number of nitrogens with one attached hydrogen (secondary N) is 1. The third-order valence-electron chi connectivity index (χ3n) is 2.10. The highest BCUT2D eigenvalue weighted by Crippen LogP contribution is 2.25. The van der Waals surface area contributed by atoms with Gasteiger partial charge in [0.25, 0.3) is 0 Å². The average molecular weight is 300 g/mol. The van der Waals surface area contributed by atoms with Crippen LogP contribution in [-0.4, -0.2) is 18.1 Å². The van der Waals surface area contributed by atoms with E-state index in [-0.39, 0.29) is 18.1 Å².